The van der Waals surface area contributed by atoms with Crippen molar-refractivity contribution in [1.82, 2.24) is 0 Å². The predicted molar refractivity (Wildman–Crippen MR) is 42.4 cm³/mol. The Morgan fingerprint density at radius 3 is 2.73 bits per heavy atom. The van der Waals surface area contributed by atoms with Crippen LogP contribution in [0.3, 0.4) is 0 Å². The highest BCUT2D eigenvalue weighted by atomic mass is 16.5. The van der Waals surface area contributed by atoms with Crippen molar-refractivity contribution in [2.45, 2.75) is 26.4 Å². The number of hydrogen-bond acceptors (Lipinski definition) is 3. The first-order valence-corrected chi connectivity index (χ1v) is 3.61. The van der Waals surface area contributed by atoms with Crippen LogP contribution >= 0.6 is 0 Å². The third-order valence-electron chi connectivity index (χ3n) is 1.20. The van der Waals surface area contributed by atoms with Gasteiger partial charge in [-0.3, -0.25) is 9.79 Å². The van der Waals surface area contributed by atoms with Crippen molar-refractivity contribution in [3.63, 3.8) is 0 Å². The van der Waals surface area contributed by atoms with Crippen molar-refractivity contribution >= 4 is 11.7 Å². The Morgan fingerprint density at radius 2 is 2.36 bits per heavy atom. The lowest BCUT2D eigenvalue weighted by Gasteiger charge is -2.08. The van der Waals surface area contributed by atoms with Gasteiger partial charge < -0.3 is 4.74 Å². The van der Waals surface area contributed by atoms with Gasteiger partial charge in [0.15, 0.2) is 0 Å². The normalized spacial score (nSPS) is 14.3. The Bertz CT molecular complexity index is 216. The molecule has 0 saturated carbocycles. The molecule has 0 amide bonds. The lowest BCUT2D eigenvalue weighted by atomic mass is 10.2. The van der Waals surface area contributed by atoms with Crippen LogP contribution in [-0.2, 0) is 9.53 Å². The number of ether oxygens (including phenoxy) is 1. The second-order valence-electron chi connectivity index (χ2n) is 2.65. The van der Waals surface area contributed by atoms with Crippen LogP contribution in [0.15, 0.2) is 17.3 Å². The highest BCUT2D eigenvalue weighted by Crippen LogP contribution is 2.02. The largest absolute Gasteiger partial charge is 0.463 e. The van der Waals surface area contributed by atoms with E-state index in [9.17, 15) is 4.79 Å². The summed E-state index contributed by atoms with van der Waals surface area (Å²) in [4.78, 5) is 14.8. The minimum atomic E-state index is -0.205. The van der Waals surface area contributed by atoms with Gasteiger partial charge in [0.1, 0.15) is 0 Å². The van der Waals surface area contributed by atoms with Gasteiger partial charge in [-0.25, -0.2) is 0 Å². The summed E-state index contributed by atoms with van der Waals surface area (Å²) < 4.78 is 4.90. The molecule has 0 aromatic heterocycles. The fraction of sp³-hybridized carbons (Fsp3) is 0.500. The standard InChI is InChI=1S/C8H11NO2/c1-6(2)11-8(10)5-7-3-4-9-7/h3-4,6H,5H2,1-2H3. The first-order chi connectivity index (χ1) is 5.18. The highest BCUT2D eigenvalue weighted by Gasteiger charge is 2.10. The molecule has 1 heterocycles. The average Bonchev–Trinajstić information content (AvgIpc) is 1.77. The van der Waals surface area contributed by atoms with Gasteiger partial charge >= 0.3 is 5.97 Å². The maximum absolute atomic E-state index is 10.9. The molecular weight excluding hydrogens is 142 g/mol. The van der Waals surface area contributed by atoms with Crippen LogP contribution in [0.4, 0.5) is 0 Å². The molecule has 3 nitrogen and oxygen atoms in total. The van der Waals surface area contributed by atoms with Gasteiger partial charge in [-0.05, 0) is 19.9 Å². The van der Waals surface area contributed by atoms with Crippen molar-refractivity contribution in [3.05, 3.63) is 12.3 Å². The summed E-state index contributed by atoms with van der Waals surface area (Å²) in [5.74, 6) is -0.205. The molecule has 0 radical (unpaired) electrons. The third-order valence-corrected chi connectivity index (χ3v) is 1.20. The predicted octanol–water partition coefficient (Wildman–Crippen LogP) is 1.30. The number of esters is 1. The highest BCUT2D eigenvalue weighted by molar-refractivity contribution is 6.08. The minimum absolute atomic E-state index is 0.0350. The van der Waals surface area contributed by atoms with E-state index in [0.717, 1.165) is 5.71 Å². The van der Waals surface area contributed by atoms with Crippen LogP contribution in [-0.4, -0.2) is 17.8 Å². The molecule has 0 aliphatic carbocycles. The van der Waals surface area contributed by atoms with E-state index in [2.05, 4.69) is 4.99 Å². The Hall–Kier alpha value is -1.12. The van der Waals surface area contributed by atoms with Crippen LogP contribution in [0.5, 0.6) is 0 Å². The Kier molecular flexibility index (Phi) is 2.41. The van der Waals surface area contributed by atoms with E-state index >= 15 is 0 Å². The van der Waals surface area contributed by atoms with Gasteiger partial charge in [0.2, 0.25) is 0 Å². The van der Waals surface area contributed by atoms with E-state index in [-0.39, 0.29) is 12.1 Å². The van der Waals surface area contributed by atoms with E-state index in [1.165, 1.54) is 0 Å². The number of nitrogens with zero attached hydrogens (tertiary/aromatic N) is 1. The van der Waals surface area contributed by atoms with Crippen molar-refractivity contribution < 1.29 is 9.53 Å². The molecule has 3 heteroatoms. The lowest BCUT2D eigenvalue weighted by Crippen LogP contribution is -2.15. The second-order valence-corrected chi connectivity index (χ2v) is 2.65. The maximum atomic E-state index is 10.9. The Labute approximate surface area is 65.8 Å². The second kappa shape index (κ2) is 3.32. The molecule has 0 unspecified atom stereocenters. The molecule has 0 bridgehead atoms. The number of carbonyl (C=O) groups excluding carboxylic acids is 1. The average molecular weight is 153 g/mol. The van der Waals surface area contributed by atoms with Crippen molar-refractivity contribution in [1.29, 1.82) is 0 Å². The summed E-state index contributed by atoms with van der Waals surface area (Å²) in [5, 5.41) is 0. The first-order valence-electron chi connectivity index (χ1n) is 3.61. The zero-order valence-electron chi connectivity index (χ0n) is 6.70. The van der Waals surface area contributed by atoms with Crippen LogP contribution in [0.1, 0.15) is 20.3 Å². The molecule has 0 fully saturated rings. The van der Waals surface area contributed by atoms with E-state index in [1.807, 2.05) is 19.9 Å². The molecule has 60 valence electrons. The topological polar surface area (TPSA) is 38.7 Å². The molecular formula is C8H11NO2. The lowest BCUT2D eigenvalue weighted by molar-refractivity contribution is -0.145. The van der Waals surface area contributed by atoms with Crippen LogP contribution in [0.25, 0.3) is 0 Å². The maximum Gasteiger partial charge on any atom is 0.312 e. The number of aliphatic imine (C=N–C) groups is 1. The monoisotopic (exact) mass is 153 g/mol. The van der Waals surface area contributed by atoms with Crippen molar-refractivity contribution in [2.24, 2.45) is 4.99 Å². The molecule has 1 aliphatic rings. The third kappa shape index (κ3) is 2.53. The molecule has 1 rings (SSSR count). The fourth-order valence-corrected chi connectivity index (χ4v) is 0.737. The van der Waals surface area contributed by atoms with E-state index in [1.54, 1.807) is 6.20 Å². The zero-order chi connectivity index (χ0) is 8.27. The zero-order valence-corrected chi connectivity index (χ0v) is 6.70. The van der Waals surface area contributed by atoms with E-state index < -0.39 is 0 Å². The molecule has 0 saturated heterocycles. The quantitative estimate of drug-likeness (QED) is 0.573. The first kappa shape index (κ1) is 7.98. The molecule has 1 aliphatic heterocycles. The molecule has 11 heavy (non-hydrogen) atoms. The van der Waals surface area contributed by atoms with Gasteiger partial charge in [-0.15, -0.1) is 0 Å². The summed E-state index contributed by atoms with van der Waals surface area (Å²) >= 11 is 0. The van der Waals surface area contributed by atoms with Crippen LogP contribution in [0.2, 0.25) is 0 Å². The minimum Gasteiger partial charge on any atom is -0.463 e. The van der Waals surface area contributed by atoms with Crippen LogP contribution in [0, 0.1) is 0 Å². The number of carbonyl (C=O) groups is 1. The van der Waals surface area contributed by atoms with E-state index in [4.69, 9.17) is 4.74 Å². The number of allylic oxidation sites excluding steroid dienone is 1. The molecule has 0 N–H and O–H groups in total. The molecule has 0 atom stereocenters. The Morgan fingerprint density at radius 1 is 1.73 bits per heavy atom. The molecule has 0 spiro atoms. The Balaban J connectivity index is 2.21. The number of hydrogen-bond donors (Lipinski definition) is 0. The number of rotatable bonds is 3. The molecule has 0 aromatic rings. The fourth-order valence-electron chi connectivity index (χ4n) is 0.737. The summed E-state index contributed by atoms with van der Waals surface area (Å²) in [6.07, 6.45) is 3.74. The van der Waals surface area contributed by atoms with Gasteiger partial charge in [-0.2, -0.15) is 0 Å². The summed E-state index contributed by atoms with van der Waals surface area (Å²) in [6.45, 7) is 3.66. The van der Waals surface area contributed by atoms with Gasteiger partial charge in [0, 0.05) is 6.20 Å². The van der Waals surface area contributed by atoms with Crippen molar-refractivity contribution in [3.8, 4) is 0 Å². The summed E-state index contributed by atoms with van der Waals surface area (Å²) in [7, 11) is 0. The smallest absolute Gasteiger partial charge is 0.312 e. The molecule has 0 aromatic carbocycles. The SMILES string of the molecule is CC(C)OC(=O)CC1=NC=C1. The van der Waals surface area contributed by atoms with Crippen LogP contribution < -0.4 is 0 Å². The van der Waals surface area contributed by atoms with E-state index in [0.29, 0.717) is 6.42 Å². The van der Waals surface area contributed by atoms with Gasteiger partial charge in [-0.1, -0.05) is 0 Å². The van der Waals surface area contributed by atoms with Gasteiger partial charge in [0.25, 0.3) is 0 Å². The van der Waals surface area contributed by atoms with Crippen molar-refractivity contribution in [2.75, 3.05) is 0 Å². The summed E-state index contributed by atoms with van der Waals surface area (Å²) in [5.41, 5.74) is 0.802. The van der Waals surface area contributed by atoms with Gasteiger partial charge in [0.05, 0.1) is 18.2 Å². The summed E-state index contributed by atoms with van der Waals surface area (Å²) in [6, 6.07) is 0.